The summed E-state index contributed by atoms with van der Waals surface area (Å²) in [4.78, 5) is 27.7. The number of Topliss-reactive ketones (excluding diaryl/α,β-unsaturated/α-hetero) is 1. The number of carbonyl (C=O) groups excluding carboxylic acids is 2. The Kier molecular flexibility index (Phi) is 3.06. The van der Waals surface area contributed by atoms with Crippen LogP contribution in [0.4, 0.5) is 0 Å². The second-order valence-electron chi connectivity index (χ2n) is 4.76. The van der Waals surface area contributed by atoms with E-state index in [1.807, 2.05) is 36.4 Å². The molecule has 0 saturated heterocycles. The molecule has 100 valence electrons. The van der Waals surface area contributed by atoms with Crippen molar-refractivity contribution < 1.29 is 14.4 Å². The monoisotopic (exact) mass is 267 g/mol. The van der Waals surface area contributed by atoms with Crippen LogP contribution in [-0.4, -0.2) is 17.5 Å². The van der Waals surface area contributed by atoms with E-state index < -0.39 is 5.97 Å². The maximum Gasteiger partial charge on any atom is 0.331 e. The van der Waals surface area contributed by atoms with E-state index in [0.29, 0.717) is 17.7 Å². The van der Waals surface area contributed by atoms with E-state index in [2.05, 4.69) is 9.99 Å². The van der Waals surface area contributed by atoms with E-state index in [4.69, 9.17) is 0 Å². The van der Waals surface area contributed by atoms with Gasteiger partial charge < -0.3 is 4.84 Å². The number of rotatable bonds is 1. The fraction of sp³-hybridized carbons (Fsp3) is 0.188. The molecule has 0 atom stereocenters. The lowest BCUT2D eigenvalue weighted by Crippen LogP contribution is -2.23. The standard InChI is InChI=1S/C16H13NO3/c1-10(18)20-17-15-9-8-13-12-5-3-2-4-11(12)6-7-14(13)16(15)19/h2-7H,8-9H2,1H3/b17-15+. The van der Waals surface area contributed by atoms with Gasteiger partial charge in [-0.2, -0.15) is 0 Å². The minimum atomic E-state index is -0.519. The molecule has 0 aromatic heterocycles. The Morgan fingerprint density at radius 3 is 2.75 bits per heavy atom. The summed E-state index contributed by atoms with van der Waals surface area (Å²) in [6.07, 6.45) is 1.22. The van der Waals surface area contributed by atoms with Crippen molar-refractivity contribution in [3.63, 3.8) is 0 Å². The second kappa shape index (κ2) is 4.89. The zero-order valence-corrected chi connectivity index (χ0v) is 11.1. The maximum absolute atomic E-state index is 12.4. The van der Waals surface area contributed by atoms with Crippen LogP contribution in [0.25, 0.3) is 10.8 Å². The fourth-order valence-corrected chi connectivity index (χ4v) is 2.54. The normalized spacial score (nSPS) is 16.2. The highest BCUT2D eigenvalue weighted by atomic mass is 16.7. The van der Waals surface area contributed by atoms with Gasteiger partial charge in [0, 0.05) is 18.9 Å². The van der Waals surface area contributed by atoms with E-state index in [-0.39, 0.29) is 5.78 Å². The minimum absolute atomic E-state index is 0.154. The Labute approximate surface area is 116 Å². The average Bonchev–Trinajstić information content (AvgIpc) is 2.46. The lowest BCUT2D eigenvalue weighted by atomic mass is 9.86. The van der Waals surface area contributed by atoms with Gasteiger partial charge in [0.05, 0.1) is 0 Å². The predicted octanol–water partition coefficient (Wildman–Crippen LogP) is 2.89. The molecular weight excluding hydrogens is 254 g/mol. The van der Waals surface area contributed by atoms with Gasteiger partial charge >= 0.3 is 5.97 Å². The molecule has 0 saturated carbocycles. The van der Waals surface area contributed by atoms with Gasteiger partial charge in [0.15, 0.2) is 0 Å². The third-order valence-corrected chi connectivity index (χ3v) is 3.44. The van der Waals surface area contributed by atoms with Crippen molar-refractivity contribution in [2.75, 3.05) is 0 Å². The first-order valence-electron chi connectivity index (χ1n) is 6.46. The summed E-state index contributed by atoms with van der Waals surface area (Å²) in [6.45, 7) is 1.26. The van der Waals surface area contributed by atoms with Crippen LogP contribution in [0, 0.1) is 0 Å². The number of oxime groups is 1. The Balaban J connectivity index is 2.07. The molecule has 4 heteroatoms. The third-order valence-electron chi connectivity index (χ3n) is 3.44. The minimum Gasteiger partial charge on any atom is -0.318 e. The van der Waals surface area contributed by atoms with Crippen LogP contribution in [0.15, 0.2) is 41.6 Å². The highest BCUT2D eigenvalue weighted by Gasteiger charge is 2.25. The Hall–Kier alpha value is -2.49. The number of ketones is 1. The van der Waals surface area contributed by atoms with Gasteiger partial charge in [0.2, 0.25) is 5.78 Å². The fourth-order valence-electron chi connectivity index (χ4n) is 2.54. The van der Waals surface area contributed by atoms with Gasteiger partial charge in [-0.3, -0.25) is 4.79 Å². The van der Waals surface area contributed by atoms with Crippen molar-refractivity contribution in [1.29, 1.82) is 0 Å². The Morgan fingerprint density at radius 2 is 1.95 bits per heavy atom. The van der Waals surface area contributed by atoms with E-state index >= 15 is 0 Å². The molecule has 20 heavy (non-hydrogen) atoms. The van der Waals surface area contributed by atoms with Crippen molar-refractivity contribution in [2.24, 2.45) is 5.16 Å². The average molecular weight is 267 g/mol. The first kappa shape index (κ1) is 12.5. The number of benzene rings is 2. The smallest absolute Gasteiger partial charge is 0.318 e. The molecule has 0 bridgehead atoms. The van der Waals surface area contributed by atoms with Crippen LogP contribution >= 0.6 is 0 Å². The van der Waals surface area contributed by atoms with Crippen LogP contribution in [0.2, 0.25) is 0 Å². The molecule has 0 radical (unpaired) electrons. The van der Waals surface area contributed by atoms with Crippen LogP contribution < -0.4 is 0 Å². The van der Waals surface area contributed by atoms with E-state index in [1.54, 1.807) is 0 Å². The molecule has 0 spiro atoms. The zero-order valence-electron chi connectivity index (χ0n) is 11.1. The molecule has 1 aliphatic rings. The maximum atomic E-state index is 12.4. The molecule has 3 rings (SSSR count). The van der Waals surface area contributed by atoms with Crippen LogP contribution in [0.1, 0.15) is 29.3 Å². The number of hydrogen-bond donors (Lipinski definition) is 0. The van der Waals surface area contributed by atoms with Crippen LogP contribution in [0.5, 0.6) is 0 Å². The number of carbonyl (C=O) groups is 2. The van der Waals surface area contributed by atoms with E-state index in [1.165, 1.54) is 6.92 Å². The van der Waals surface area contributed by atoms with Gasteiger partial charge in [-0.15, -0.1) is 0 Å². The Bertz CT molecular complexity index is 746. The largest absolute Gasteiger partial charge is 0.331 e. The predicted molar refractivity (Wildman–Crippen MR) is 75.8 cm³/mol. The first-order valence-corrected chi connectivity index (χ1v) is 6.46. The second-order valence-corrected chi connectivity index (χ2v) is 4.76. The summed E-state index contributed by atoms with van der Waals surface area (Å²) in [6, 6.07) is 11.8. The van der Waals surface area contributed by atoms with Crippen molar-refractivity contribution in [3.8, 4) is 0 Å². The van der Waals surface area contributed by atoms with Crippen molar-refractivity contribution >= 4 is 28.2 Å². The molecule has 2 aromatic rings. The van der Waals surface area contributed by atoms with Gasteiger partial charge in [-0.25, -0.2) is 4.79 Å². The lowest BCUT2D eigenvalue weighted by molar-refractivity contribution is -0.140. The molecule has 4 nitrogen and oxygen atoms in total. The van der Waals surface area contributed by atoms with Gasteiger partial charge in [0.1, 0.15) is 5.71 Å². The number of nitrogens with zero attached hydrogens (tertiary/aromatic N) is 1. The SMILES string of the molecule is CC(=O)O/N=C1\CCc2c(ccc3ccccc23)C1=O. The van der Waals surface area contributed by atoms with Crippen molar-refractivity contribution in [2.45, 2.75) is 19.8 Å². The van der Waals surface area contributed by atoms with Gasteiger partial charge in [0.25, 0.3) is 0 Å². The number of fused-ring (bicyclic) bond motifs is 3. The molecule has 0 heterocycles. The molecule has 1 aliphatic carbocycles. The third kappa shape index (κ3) is 2.09. The molecule has 0 amide bonds. The van der Waals surface area contributed by atoms with Crippen LogP contribution in [-0.2, 0) is 16.1 Å². The van der Waals surface area contributed by atoms with Crippen molar-refractivity contribution in [1.82, 2.24) is 0 Å². The lowest BCUT2D eigenvalue weighted by Gasteiger charge is -2.17. The topological polar surface area (TPSA) is 55.7 Å². The molecular formula is C16H13NO3. The zero-order chi connectivity index (χ0) is 14.1. The summed E-state index contributed by atoms with van der Waals surface area (Å²) in [5, 5.41) is 5.89. The number of aryl methyl sites for hydroxylation is 1. The summed E-state index contributed by atoms with van der Waals surface area (Å²) in [5.74, 6) is -0.673. The van der Waals surface area contributed by atoms with E-state index in [0.717, 1.165) is 22.8 Å². The van der Waals surface area contributed by atoms with Gasteiger partial charge in [-0.1, -0.05) is 41.6 Å². The molecule has 0 unspecified atom stereocenters. The summed E-state index contributed by atoms with van der Waals surface area (Å²) < 4.78 is 0. The Morgan fingerprint density at radius 1 is 1.15 bits per heavy atom. The molecule has 2 aromatic carbocycles. The quantitative estimate of drug-likeness (QED) is 0.589. The van der Waals surface area contributed by atoms with Crippen molar-refractivity contribution in [3.05, 3.63) is 47.5 Å². The van der Waals surface area contributed by atoms with E-state index in [9.17, 15) is 9.59 Å². The van der Waals surface area contributed by atoms with Gasteiger partial charge in [-0.05, 0) is 22.8 Å². The highest BCUT2D eigenvalue weighted by molar-refractivity contribution is 6.47. The molecule has 0 fully saturated rings. The number of hydrogen-bond acceptors (Lipinski definition) is 4. The summed E-state index contributed by atoms with van der Waals surface area (Å²) in [5.41, 5.74) is 2.01. The summed E-state index contributed by atoms with van der Waals surface area (Å²) in [7, 11) is 0. The summed E-state index contributed by atoms with van der Waals surface area (Å²) >= 11 is 0. The first-order chi connectivity index (χ1) is 9.66. The molecule has 0 aliphatic heterocycles. The van der Waals surface area contributed by atoms with Crippen LogP contribution in [0.3, 0.4) is 0 Å². The highest BCUT2D eigenvalue weighted by Crippen LogP contribution is 2.28. The molecule has 0 N–H and O–H groups in total.